The summed E-state index contributed by atoms with van der Waals surface area (Å²) in [5, 5.41) is 17.9. The van der Waals surface area contributed by atoms with Crippen molar-refractivity contribution in [3.05, 3.63) is 40.0 Å². The zero-order chi connectivity index (χ0) is 12.4. The number of nitrogens with zero attached hydrogens (tertiary/aromatic N) is 3. The van der Waals surface area contributed by atoms with Crippen LogP contribution in [0.1, 0.15) is 5.89 Å². The lowest BCUT2D eigenvalue weighted by Gasteiger charge is -1.97. The van der Waals surface area contributed by atoms with Crippen molar-refractivity contribution >= 4 is 5.69 Å². The molecule has 0 aliphatic heterocycles. The van der Waals surface area contributed by atoms with Crippen molar-refractivity contribution in [2.24, 2.45) is 5.73 Å². The van der Waals surface area contributed by atoms with Crippen LogP contribution in [0.15, 0.2) is 22.6 Å². The highest BCUT2D eigenvalue weighted by Gasteiger charge is 2.20. The van der Waals surface area contributed by atoms with Crippen LogP contribution >= 0.6 is 0 Å². The molecule has 8 heteroatoms. The Bertz CT molecular complexity index is 569. The molecular weight excluding hydrogens is 231 g/mol. The minimum atomic E-state index is -0.652. The maximum absolute atomic E-state index is 13.0. The van der Waals surface area contributed by atoms with Crippen molar-refractivity contribution in [2.75, 3.05) is 0 Å². The summed E-state index contributed by atoms with van der Waals surface area (Å²) in [6, 6.07) is 2.99. The molecule has 1 aromatic heterocycles. The molecule has 2 N–H and O–H groups in total. The molecule has 88 valence electrons. The Labute approximate surface area is 94.2 Å². The lowest BCUT2D eigenvalue weighted by Crippen LogP contribution is -1.95. The van der Waals surface area contributed by atoms with Crippen LogP contribution in [0.25, 0.3) is 11.5 Å². The molecule has 2 rings (SSSR count). The second kappa shape index (κ2) is 4.26. The van der Waals surface area contributed by atoms with E-state index in [-0.39, 0.29) is 29.6 Å². The minimum absolute atomic E-state index is 0.0100. The van der Waals surface area contributed by atoms with Crippen LogP contribution in [-0.4, -0.2) is 15.1 Å². The van der Waals surface area contributed by atoms with Crippen LogP contribution in [0.2, 0.25) is 0 Å². The summed E-state index contributed by atoms with van der Waals surface area (Å²) in [7, 11) is 0. The summed E-state index contributed by atoms with van der Waals surface area (Å²) < 4.78 is 18.1. The SMILES string of the molecule is NCc1nnc(-c2cc(F)ccc2[N+](=O)[O-])o1. The normalized spacial score (nSPS) is 10.5. The molecule has 0 saturated carbocycles. The molecule has 0 atom stereocenters. The van der Waals surface area contributed by atoms with E-state index in [0.29, 0.717) is 0 Å². The average Bonchev–Trinajstić information content (AvgIpc) is 2.76. The van der Waals surface area contributed by atoms with Crippen molar-refractivity contribution in [1.29, 1.82) is 0 Å². The van der Waals surface area contributed by atoms with E-state index < -0.39 is 10.7 Å². The largest absolute Gasteiger partial charge is 0.419 e. The molecule has 0 spiro atoms. The van der Waals surface area contributed by atoms with Gasteiger partial charge in [-0.1, -0.05) is 0 Å². The lowest BCUT2D eigenvalue weighted by molar-refractivity contribution is -0.384. The molecule has 0 bridgehead atoms. The maximum Gasteiger partial charge on any atom is 0.282 e. The van der Waals surface area contributed by atoms with Gasteiger partial charge in [-0.3, -0.25) is 10.1 Å². The van der Waals surface area contributed by atoms with E-state index in [1.54, 1.807) is 0 Å². The number of hydrogen-bond donors (Lipinski definition) is 1. The zero-order valence-corrected chi connectivity index (χ0v) is 8.46. The molecule has 0 saturated heterocycles. The van der Waals surface area contributed by atoms with E-state index in [1.165, 1.54) is 0 Å². The van der Waals surface area contributed by atoms with Gasteiger partial charge in [0.15, 0.2) is 0 Å². The summed E-state index contributed by atoms with van der Waals surface area (Å²) in [6.45, 7) is 0.0100. The molecule has 1 aromatic carbocycles. The minimum Gasteiger partial charge on any atom is -0.419 e. The lowest BCUT2D eigenvalue weighted by atomic mass is 10.2. The number of nitro benzene ring substituents is 1. The molecule has 0 amide bonds. The third-order valence-electron chi connectivity index (χ3n) is 2.03. The van der Waals surface area contributed by atoms with Gasteiger partial charge in [-0.25, -0.2) is 4.39 Å². The molecular formula is C9H7FN4O3. The van der Waals surface area contributed by atoms with E-state index in [0.717, 1.165) is 18.2 Å². The second-order valence-electron chi connectivity index (χ2n) is 3.12. The van der Waals surface area contributed by atoms with Crippen LogP contribution < -0.4 is 5.73 Å². The number of nitro groups is 1. The van der Waals surface area contributed by atoms with Gasteiger partial charge >= 0.3 is 0 Å². The number of rotatable bonds is 3. The van der Waals surface area contributed by atoms with Gasteiger partial charge in [0, 0.05) is 6.07 Å². The molecule has 0 aliphatic rings. The van der Waals surface area contributed by atoms with E-state index in [9.17, 15) is 14.5 Å². The monoisotopic (exact) mass is 238 g/mol. The van der Waals surface area contributed by atoms with Gasteiger partial charge in [0.25, 0.3) is 11.6 Å². The van der Waals surface area contributed by atoms with E-state index in [2.05, 4.69) is 10.2 Å². The Morgan fingerprint density at radius 2 is 2.24 bits per heavy atom. The molecule has 0 aliphatic carbocycles. The number of aromatic nitrogens is 2. The summed E-state index contributed by atoms with van der Waals surface area (Å²) in [4.78, 5) is 10.1. The molecule has 0 unspecified atom stereocenters. The predicted molar refractivity (Wildman–Crippen MR) is 54.2 cm³/mol. The molecule has 1 heterocycles. The quantitative estimate of drug-likeness (QED) is 0.636. The third kappa shape index (κ3) is 2.11. The summed E-state index contributed by atoms with van der Waals surface area (Å²) in [5.74, 6) is -0.631. The second-order valence-corrected chi connectivity index (χ2v) is 3.12. The summed E-state index contributed by atoms with van der Waals surface area (Å²) in [5.41, 5.74) is 4.89. The van der Waals surface area contributed by atoms with E-state index in [4.69, 9.17) is 10.2 Å². The Hall–Kier alpha value is -2.35. The van der Waals surface area contributed by atoms with Crippen molar-refractivity contribution in [1.82, 2.24) is 10.2 Å². The number of halogens is 1. The first-order valence-electron chi connectivity index (χ1n) is 4.58. The first-order valence-corrected chi connectivity index (χ1v) is 4.58. The van der Waals surface area contributed by atoms with Crippen molar-refractivity contribution < 1.29 is 13.7 Å². The van der Waals surface area contributed by atoms with Crippen molar-refractivity contribution in [2.45, 2.75) is 6.54 Å². The highest BCUT2D eigenvalue weighted by Crippen LogP contribution is 2.29. The molecule has 0 fully saturated rings. The molecule has 17 heavy (non-hydrogen) atoms. The van der Waals surface area contributed by atoms with Crippen molar-refractivity contribution in [3.63, 3.8) is 0 Å². The predicted octanol–water partition coefficient (Wildman–Crippen LogP) is 1.24. The maximum atomic E-state index is 13.0. The summed E-state index contributed by atoms with van der Waals surface area (Å²) in [6.07, 6.45) is 0. The van der Waals surface area contributed by atoms with E-state index >= 15 is 0 Å². The molecule has 7 nitrogen and oxygen atoms in total. The highest BCUT2D eigenvalue weighted by molar-refractivity contribution is 5.66. The van der Waals surface area contributed by atoms with Gasteiger partial charge < -0.3 is 10.2 Å². The Kier molecular flexibility index (Phi) is 2.79. The first kappa shape index (κ1) is 11.1. The fraction of sp³-hybridized carbons (Fsp3) is 0.111. The standard InChI is InChI=1S/C9H7FN4O3/c10-5-1-2-7(14(15)16)6(3-5)9-13-12-8(4-11)17-9/h1-3H,4,11H2. The van der Waals surface area contributed by atoms with Crippen LogP contribution in [0.3, 0.4) is 0 Å². The van der Waals surface area contributed by atoms with Crippen LogP contribution in [0, 0.1) is 15.9 Å². The Balaban J connectivity index is 2.56. The molecule has 2 aromatic rings. The zero-order valence-electron chi connectivity index (χ0n) is 8.46. The Morgan fingerprint density at radius 3 is 2.82 bits per heavy atom. The summed E-state index contributed by atoms with van der Waals surface area (Å²) >= 11 is 0. The van der Waals surface area contributed by atoms with Gasteiger partial charge in [0.05, 0.1) is 11.5 Å². The first-order chi connectivity index (χ1) is 8.11. The highest BCUT2D eigenvalue weighted by atomic mass is 19.1. The molecule has 0 radical (unpaired) electrons. The van der Waals surface area contributed by atoms with Gasteiger partial charge in [0.1, 0.15) is 11.4 Å². The van der Waals surface area contributed by atoms with Gasteiger partial charge in [-0.15, -0.1) is 10.2 Å². The van der Waals surface area contributed by atoms with Crippen LogP contribution in [0.4, 0.5) is 10.1 Å². The topological polar surface area (TPSA) is 108 Å². The van der Waals surface area contributed by atoms with Crippen LogP contribution in [-0.2, 0) is 6.54 Å². The average molecular weight is 238 g/mol. The van der Waals surface area contributed by atoms with Gasteiger partial charge in [0.2, 0.25) is 5.89 Å². The van der Waals surface area contributed by atoms with Gasteiger partial charge in [-0.05, 0) is 12.1 Å². The third-order valence-corrected chi connectivity index (χ3v) is 2.03. The van der Waals surface area contributed by atoms with E-state index in [1.807, 2.05) is 0 Å². The van der Waals surface area contributed by atoms with Crippen LogP contribution in [0.5, 0.6) is 0 Å². The number of benzene rings is 1. The number of nitrogens with two attached hydrogens (primary N) is 1. The Morgan fingerprint density at radius 1 is 1.47 bits per heavy atom. The smallest absolute Gasteiger partial charge is 0.282 e. The van der Waals surface area contributed by atoms with Crippen molar-refractivity contribution in [3.8, 4) is 11.5 Å². The van der Waals surface area contributed by atoms with Gasteiger partial charge in [-0.2, -0.15) is 0 Å². The fourth-order valence-electron chi connectivity index (χ4n) is 1.28. The number of hydrogen-bond acceptors (Lipinski definition) is 6. The fourth-order valence-corrected chi connectivity index (χ4v) is 1.28.